The number of carbonyl (C=O) groups is 2. The number of aliphatic imine (C=N–C) groups is 1. The topological polar surface area (TPSA) is 67.8 Å². The zero-order valence-electron chi connectivity index (χ0n) is 13.5. The Morgan fingerprint density at radius 1 is 1.32 bits per heavy atom. The van der Waals surface area contributed by atoms with E-state index in [1.165, 1.54) is 28.7 Å². The van der Waals surface area contributed by atoms with Crippen molar-refractivity contribution in [2.75, 3.05) is 17.7 Å². The summed E-state index contributed by atoms with van der Waals surface area (Å²) in [6.07, 6.45) is 0. The number of para-hydroxylation sites is 1. The Morgan fingerprint density at radius 2 is 2.16 bits per heavy atom. The lowest BCUT2D eigenvalue weighted by Gasteiger charge is -2.14. The Labute approximate surface area is 158 Å². The van der Waals surface area contributed by atoms with Crippen LogP contribution in [0.3, 0.4) is 0 Å². The molecular weight excluding hydrogens is 376 g/mol. The number of nitrogens with one attached hydrogen (secondary N) is 1. The first kappa shape index (κ1) is 18.0. The lowest BCUT2D eigenvalue weighted by molar-refractivity contribution is -0.113. The average molecular weight is 393 g/mol. The van der Waals surface area contributed by atoms with Gasteiger partial charge in [0.25, 0.3) is 0 Å². The van der Waals surface area contributed by atoms with Gasteiger partial charge in [-0.05, 0) is 30.0 Å². The lowest BCUT2D eigenvalue weighted by Crippen LogP contribution is -2.16. The second kappa shape index (κ2) is 8.55. The number of anilines is 1. The second-order valence-electron chi connectivity index (χ2n) is 5.02. The molecule has 0 fully saturated rings. The molecule has 0 unspecified atom stereocenters. The first-order chi connectivity index (χ1) is 12.2. The normalized spacial score (nSPS) is 12.9. The molecule has 2 aromatic rings. The van der Waals surface area contributed by atoms with E-state index in [0.717, 1.165) is 15.8 Å². The quantitative estimate of drug-likeness (QED) is 0.757. The second-order valence-corrected chi connectivity index (χ2v) is 8.12. The standard InChI is InChI=1S/C17H16N2O3S3/c1-2-22-16(21)12-7-8-23-15(12)19-14(20)10-25-17-18-13-6-4-3-5-11(13)9-24-17/h3-8H,2,9-10H2,1H3,(H,19,20). The van der Waals surface area contributed by atoms with E-state index in [2.05, 4.69) is 16.4 Å². The number of nitrogens with zero attached hydrogens (tertiary/aromatic N) is 1. The number of hydrogen-bond acceptors (Lipinski definition) is 7. The highest BCUT2D eigenvalue weighted by Gasteiger charge is 2.17. The van der Waals surface area contributed by atoms with Crippen molar-refractivity contribution in [2.45, 2.75) is 12.7 Å². The molecule has 0 aliphatic carbocycles. The van der Waals surface area contributed by atoms with Crippen molar-refractivity contribution < 1.29 is 14.3 Å². The number of amides is 1. The third-order valence-electron chi connectivity index (χ3n) is 3.29. The summed E-state index contributed by atoms with van der Waals surface area (Å²) >= 11 is 4.34. The van der Waals surface area contributed by atoms with E-state index >= 15 is 0 Å². The molecule has 1 aliphatic rings. The van der Waals surface area contributed by atoms with Gasteiger partial charge in [0.15, 0.2) is 0 Å². The molecule has 1 amide bonds. The Morgan fingerprint density at radius 3 is 3.00 bits per heavy atom. The molecular formula is C17H16N2O3S3. The Balaban J connectivity index is 1.57. The number of benzene rings is 1. The number of hydrogen-bond donors (Lipinski definition) is 1. The van der Waals surface area contributed by atoms with Crippen molar-refractivity contribution in [3.05, 3.63) is 46.8 Å². The highest BCUT2D eigenvalue weighted by molar-refractivity contribution is 8.38. The monoisotopic (exact) mass is 392 g/mol. The maximum atomic E-state index is 12.2. The van der Waals surface area contributed by atoms with Gasteiger partial charge in [-0.2, -0.15) is 0 Å². The third kappa shape index (κ3) is 4.65. The minimum Gasteiger partial charge on any atom is -0.462 e. The van der Waals surface area contributed by atoms with Crippen molar-refractivity contribution in [1.29, 1.82) is 0 Å². The zero-order chi connectivity index (χ0) is 17.6. The summed E-state index contributed by atoms with van der Waals surface area (Å²) in [7, 11) is 0. The van der Waals surface area contributed by atoms with Crippen molar-refractivity contribution in [2.24, 2.45) is 4.99 Å². The molecule has 1 N–H and O–H groups in total. The summed E-state index contributed by atoms with van der Waals surface area (Å²) in [6, 6.07) is 9.66. The van der Waals surface area contributed by atoms with Crippen LogP contribution in [0.5, 0.6) is 0 Å². The number of esters is 1. The molecule has 130 valence electrons. The summed E-state index contributed by atoms with van der Waals surface area (Å²) in [4.78, 5) is 28.6. The predicted octanol–water partition coefficient (Wildman–Crippen LogP) is 4.53. The van der Waals surface area contributed by atoms with Crippen LogP contribution >= 0.6 is 34.9 Å². The van der Waals surface area contributed by atoms with Gasteiger partial charge in [0.2, 0.25) is 5.91 Å². The van der Waals surface area contributed by atoms with Crippen molar-refractivity contribution >= 4 is 61.8 Å². The first-order valence-corrected chi connectivity index (χ1v) is 10.5. The number of carbonyl (C=O) groups excluding carboxylic acids is 2. The van der Waals surface area contributed by atoms with Crippen LogP contribution in [-0.2, 0) is 15.3 Å². The minimum atomic E-state index is -0.421. The van der Waals surface area contributed by atoms with Gasteiger partial charge in [0.1, 0.15) is 9.38 Å². The summed E-state index contributed by atoms with van der Waals surface area (Å²) in [5.41, 5.74) is 2.56. The average Bonchev–Trinajstić information content (AvgIpc) is 3.08. The lowest BCUT2D eigenvalue weighted by atomic mass is 10.2. The van der Waals surface area contributed by atoms with E-state index in [-0.39, 0.29) is 11.7 Å². The first-order valence-electron chi connectivity index (χ1n) is 7.64. The van der Waals surface area contributed by atoms with Gasteiger partial charge in [0, 0.05) is 5.75 Å². The van der Waals surface area contributed by atoms with Crippen LogP contribution < -0.4 is 5.32 Å². The van der Waals surface area contributed by atoms with Gasteiger partial charge in [-0.25, -0.2) is 9.79 Å². The molecule has 25 heavy (non-hydrogen) atoms. The van der Waals surface area contributed by atoms with Gasteiger partial charge in [-0.3, -0.25) is 4.79 Å². The van der Waals surface area contributed by atoms with E-state index in [9.17, 15) is 9.59 Å². The minimum absolute atomic E-state index is 0.167. The molecule has 0 atom stereocenters. The largest absolute Gasteiger partial charge is 0.462 e. The van der Waals surface area contributed by atoms with Crippen LogP contribution in [-0.4, -0.2) is 28.6 Å². The van der Waals surface area contributed by atoms with Gasteiger partial charge in [0.05, 0.1) is 23.6 Å². The maximum Gasteiger partial charge on any atom is 0.341 e. The van der Waals surface area contributed by atoms with Crippen LogP contribution in [0.1, 0.15) is 22.8 Å². The van der Waals surface area contributed by atoms with E-state index in [4.69, 9.17) is 4.74 Å². The molecule has 1 aromatic carbocycles. The van der Waals surface area contributed by atoms with Gasteiger partial charge >= 0.3 is 5.97 Å². The Kier molecular flexibility index (Phi) is 6.17. The van der Waals surface area contributed by atoms with E-state index in [1.807, 2.05) is 18.2 Å². The van der Waals surface area contributed by atoms with Crippen molar-refractivity contribution in [3.63, 3.8) is 0 Å². The van der Waals surface area contributed by atoms with Gasteiger partial charge < -0.3 is 10.1 Å². The molecule has 2 heterocycles. The predicted molar refractivity (Wildman–Crippen MR) is 106 cm³/mol. The summed E-state index contributed by atoms with van der Waals surface area (Å²) in [5, 5.41) is 5.06. The fourth-order valence-corrected chi connectivity index (χ4v) is 4.81. The van der Waals surface area contributed by atoms with E-state index < -0.39 is 5.97 Å². The highest BCUT2D eigenvalue weighted by Crippen LogP contribution is 2.34. The maximum absolute atomic E-state index is 12.2. The summed E-state index contributed by atoms with van der Waals surface area (Å²) in [5.74, 6) is 0.520. The molecule has 0 radical (unpaired) electrons. The Hall–Kier alpha value is -1.77. The number of fused-ring (bicyclic) bond motifs is 1. The number of thiophene rings is 1. The molecule has 5 nitrogen and oxygen atoms in total. The fraction of sp³-hybridized carbons (Fsp3) is 0.235. The number of rotatable bonds is 5. The smallest absolute Gasteiger partial charge is 0.341 e. The van der Waals surface area contributed by atoms with Crippen molar-refractivity contribution in [1.82, 2.24) is 0 Å². The van der Waals surface area contributed by atoms with Crippen LogP contribution in [0.2, 0.25) is 0 Å². The summed E-state index contributed by atoms with van der Waals surface area (Å²) < 4.78 is 5.87. The molecule has 0 spiro atoms. The molecule has 0 saturated heterocycles. The van der Waals surface area contributed by atoms with Crippen LogP contribution in [0.25, 0.3) is 0 Å². The van der Waals surface area contributed by atoms with Crippen LogP contribution in [0, 0.1) is 0 Å². The third-order valence-corrected chi connectivity index (χ3v) is 6.37. The Bertz CT molecular complexity index is 817. The molecule has 1 aromatic heterocycles. The number of ether oxygens (including phenoxy) is 1. The molecule has 0 bridgehead atoms. The highest BCUT2D eigenvalue weighted by atomic mass is 32.2. The van der Waals surface area contributed by atoms with E-state index in [1.54, 1.807) is 30.1 Å². The fourth-order valence-electron chi connectivity index (χ4n) is 2.15. The zero-order valence-corrected chi connectivity index (χ0v) is 15.9. The van der Waals surface area contributed by atoms with E-state index in [0.29, 0.717) is 17.2 Å². The van der Waals surface area contributed by atoms with Gasteiger partial charge in [-0.15, -0.1) is 11.3 Å². The van der Waals surface area contributed by atoms with Gasteiger partial charge in [-0.1, -0.05) is 41.7 Å². The molecule has 0 saturated carbocycles. The van der Waals surface area contributed by atoms with Crippen LogP contribution in [0.15, 0.2) is 40.7 Å². The summed E-state index contributed by atoms with van der Waals surface area (Å²) in [6.45, 7) is 2.05. The molecule has 3 rings (SSSR count). The van der Waals surface area contributed by atoms with Crippen molar-refractivity contribution in [3.8, 4) is 0 Å². The SMILES string of the molecule is CCOC(=O)c1ccsc1NC(=O)CSC1=Nc2ccccc2CS1. The number of thioether (sulfide) groups is 2. The molecule has 8 heteroatoms. The van der Waals surface area contributed by atoms with Crippen LogP contribution in [0.4, 0.5) is 10.7 Å². The molecule has 1 aliphatic heterocycles.